The van der Waals surface area contributed by atoms with E-state index in [1.54, 1.807) is 0 Å². The largest absolute Gasteiger partial charge is 0.348 e. The molecule has 0 atom stereocenters. The maximum atomic E-state index is 11.6. The topological polar surface area (TPSA) is 42.0 Å². The molecule has 0 radical (unpaired) electrons. The molecule has 0 bridgehead atoms. The van der Waals surface area contributed by atoms with Crippen LogP contribution in [0, 0.1) is 0 Å². The third-order valence-electron chi connectivity index (χ3n) is 3.05. The minimum absolute atomic E-state index is 0.00202. The molecular weight excluding hydrogens is 212 g/mol. The van der Waals surface area contributed by atoms with Crippen LogP contribution in [0.3, 0.4) is 0 Å². The van der Waals surface area contributed by atoms with Gasteiger partial charge in [-0.3, -0.25) is 9.78 Å². The molecular formula is C14H12N2O. The molecule has 1 aromatic heterocycles. The van der Waals surface area contributed by atoms with Crippen LogP contribution in [0.1, 0.15) is 21.6 Å². The summed E-state index contributed by atoms with van der Waals surface area (Å²) in [6, 6.07) is 7.86. The van der Waals surface area contributed by atoms with Gasteiger partial charge in [-0.1, -0.05) is 18.2 Å². The standard InChI is InChI=1S/C14H12N2O/c1-2-3-10-6-4-9-5-7-11-12(13(9)16-10)8-15-14(11)17/h2,4-7H,1,3,8H2,(H,15,17). The second-order valence-corrected chi connectivity index (χ2v) is 4.14. The molecule has 1 aliphatic rings. The Kier molecular flexibility index (Phi) is 2.18. The van der Waals surface area contributed by atoms with Gasteiger partial charge >= 0.3 is 0 Å². The summed E-state index contributed by atoms with van der Waals surface area (Å²) >= 11 is 0. The number of hydrogen-bond donors (Lipinski definition) is 1. The zero-order valence-electron chi connectivity index (χ0n) is 9.36. The van der Waals surface area contributed by atoms with Crippen molar-refractivity contribution in [2.75, 3.05) is 0 Å². The number of nitrogens with one attached hydrogen (secondary N) is 1. The SMILES string of the molecule is C=CCc1ccc2ccc3c(c2n1)CNC3=O. The van der Waals surface area contributed by atoms with E-state index in [0.717, 1.165) is 34.1 Å². The van der Waals surface area contributed by atoms with E-state index in [4.69, 9.17) is 0 Å². The van der Waals surface area contributed by atoms with Crippen molar-refractivity contribution >= 4 is 16.8 Å². The number of aromatic nitrogens is 1. The molecule has 1 N–H and O–H groups in total. The molecule has 0 saturated carbocycles. The Hall–Kier alpha value is -2.16. The van der Waals surface area contributed by atoms with Crippen LogP contribution in [0.4, 0.5) is 0 Å². The number of fused-ring (bicyclic) bond motifs is 3. The van der Waals surface area contributed by atoms with E-state index in [2.05, 4.69) is 16.9 Å². The summed E-state index contributed by atoms with van der Waals surface area (Å²) in [7, 11) is 0. The number of hydrogen-bond acceptors (Lipinski definition) is 2. The lowest BCUT2D eigenvalue weighted by Crippen LogP contribution is -2.12. The smallest absolute Gasteiger partial charge is 0.251 e. The normalized spacial score (nSPS) is 13.5. The highest BCUT2D eigenvalue weighted by Crippen LogP contribution is 2.24. The second-order valence-electron chi connectivity index (χ2n) is 4.14. The summed E-state index contributed by atoms with van der Waals surface area (Å²) in [5.41, 5.74) is 3.68. The number of allylic oxidation sites excluding steroid dienone is 1. The summed E-state index contributed by atoms with van der Waals surface area (Å²) in [5.74, 6) is -0.00202. The fourth-order valence-electron chi connectivity index (χ4n) is 2.20. The lowest BCUT2D eigenvalue weighted by molar-refractivity contribution is 0.0966. The third kappa shape index (κ3) is 1.51. The van der Waals surface area contributed by atoms with E-state index in [1.807, 2.05) is 30.3 Å². The number of carbonyl (C=O) groups excluding carboxylic acids is 1. The van der Waals surface area contributed by atoms with Crippen molar-refractivity contribution in [3.05, 3.63) is 53.7 Å². The Morgan fingerprint density at radius 3 is 3.00 bits per heavy atom. The van der Waals surface area contributed by atoms with Crippen molar-refractivity contribution in [2.45, 2.75) is 13.0 Å². The van der Waals surface area contributed by atoms with E-state index in [9.17, 15) is 4.79 Å². The van der Waals surface area contributed by atoms with Gasteiger partial charge in [0.25, 0.3) is 5.91 Å². The van der Waals surface area contributed by atoms with Gasteiger partial charge in [0.1, 0.15) is 0 Å². The van der Waals surface area contributed by atoms with Crippen LogP contribution in [0.5, 0.6) is 0 Å². The summed E-state index contributed by atoms with van der Waals surface area (Å²) in [6.45, 7) is 4.29. The van der Waals surface area contributed by atoms with E-state index < -0.39 is 0 Å². The van der Waals surface area contributed by atoms with Crippen molar-refractivity contribution in [3.8, 4) is 0 Å². The average Bonchev–Trinajstić information content (AvgIpc) is 2.72. The quantitative estimate of drug-likeness (QED) is 0.795. The van der Waals surface area contributed by atoms with Crippen LogP contribution in [-0.2, 0) is 13.0 Å². The maximum Gasteiger partial charge on any atom is 0.251 e. The van der Waals surface area contributed by atoms with Crippen LogP contribution < -0.4 is 5.32 Å². The Bertz CT molecular complexity index is 631. The first kappa shape index (κ1) is 10.0. The third-order valence-corrected chi connectivity index (χ3v) is 3.05. The van der Waals surface area contributed by atoms with Gasteiger partial charge in [0.15, 0.2) is 0 Å². The molecule has 0 aliphatic carbocycles. The fraction of sp³-hybridized carbons (Fsp3) is 0.143. The highest BCUT2D eigenvalue weighted by Gasteiger charge is 2.21. The van der Waals surface area contributed by atoms with E-state index in [-0.39, 0.29) is 5.91 Å². The highest BCUT2D eigenvalue weighted by atomic mass is 16.1. The summed E-state index contributed by atoms with van der Waals surface area (Å²) in [4.78, 5) is 16.2. The molecule has 0 saturated heterocycles. The predicted octanol–water partition coefficient (Wildman–Crippen LogP) is 2.21. The maximum absolute atomic E-state index is 11.6. The average molecular weight is 224 g/mol. The van der Waals surface area contributed by atoms with Gasteiger partial charge in [-0.05, 0) is 12.1 Å². The number of carbonyl (C=O) groups is 1. The molecule has 1 aliphatic heterocycles. The predicted molar refractivity (Wildman–Crippen MR) is 66.8 cm³/mol. The molecule has 0 spiro atoms. The van der Waals surface area contributed by atoms with E-state index in [0.29, 0.717) is 6.54 Å². The van der Waals surface area contributed by atoms with Crippen LogP contribution in [0.2, 0.25) is 0 Å². The van der Waals surface area contributed by atoms with E-state index in [1.165, 1.54) is 0 Å². The van der Waals surface area contributed by atoms with Crippen molar-refractivity contribution < 1.29 is 4.79 Å². The first-order valence-corrected chi connectivity index (χ1v) is 5.60. The molecule has 3 rings (SSSR count). The monoisotopic (exact) mass is 224 g/mol. The molecule has 3 heteroatoms. The highest BCUT2D eigenvalue weighted by molar-refractivity contribution is 6.03. The summed E-state index contributed by atoms with van der Waals surface area (Å²) in [6.07, 6.45) is 2.59. The number of amides is 1. The van der Waals surface area contributed by atoms with Gasteiger partial charge in [0, 0.05) is 35.2 Å². The van der Waals surface area contributed by atoms with Crippen LogP contribution in [-0.4, -0.2) is 10.9 Å². The lowest BCUT2D eigenvalue weighted by atomic mass is 10.0. The molecule has 2 heterocycles. The van der Waals surface area contributed by atoms with Crippen molar-refractivity contribution in [1.82, 2.24) is 10.3 Å². The van der Waals surface area contributed by atoms with Gasteiger partial charge in [0.05, 0.1) is 5.52 Å². The molecule has 0 fully saturated rings. The van der Waals surface area contributed by atoms with E-state index >= 15 is 0 Å². The number of pyridine rings is 1. The van der Waals surface area contributed by atoms with Gasteiger partial charge < -0.3 is 5.32 Å². The molecule has 2 aromatic rings. The van der Waals surface area contributed by atoms with Crippen LogP contribution in [0.25, 0.3) is 10.9 Å². The summed E-state index contributed by atoms with van der Waals surface area (Å²) < 4.78 is 0. The van der Waals surface area contributed by atoms with Crippen LogP contribution in [0.15, 0.2) is 36.9 Å². The Morgan fingerprint density at radius 2 is 2.18 bits per heavy atom. The van der Waals surface area contributed by atoms with Gasteiger partial charge in [-0.15, -0.1) is 6.58 Å². The van der Waals surface area contributed by atoms with Gasteiger partial charge in [-0.25, -0.2) is 0 Å². The van der Waals surface area contributed by atoms with Gasteiger partial charge in [0.2, 0.25) is 0 Å². The first-order valence-electron chi connectivity index (χ1n) is 5.60. The number of nitrogens with zero attached hydrogens (tertiary/aromatic N) is 1. The van der Waals surface area contributed by atoms with Crippen molar-refractivity contribution in [1.29, 1.82) is 0 Å². The zero-order chi connectivity index (χ0) is 11.8. The number of benzene rings is 1. The van der Waals surface area contributed by atoms with Crippen molar-refractivity contribution in [3.63, 3.8) is 0 Å². The molecule has 17 heavy (non-hydrogen) atoms. The van der Waals surface area contributed by atoms with Gasteiger partial charge in [-0.2, -0.15) is 0 Å². The fourth-order valence-corrected chi connectivity index (χ4v) is 2.20. The van der Waals surface area contributed by atoms with Crippen LogP contribution >= 0.6 is 0 Å². The molecule has 0 unspecified atom stereocenters. The minimum atomic E-state index is -0.00202. The lowest BCUT2D eigenvalue weighted by Gasteiger charge is -2.04. The first-order chi connectivity index (χ1) is 8.29. The molecule has 1 amide bonds. The Labute approximate surface area is 99.2 Å². The molecule has 3 nitrogen and oxygen atoms in total. The Morgan fingerprint density at radius 1 is 1.35 bits per heavy atom. The minimum Gasteiger partial charge on any atom is -0.348 e. The second kappa shape index (κ2) is 3.70. The zero-order valence-corrected chi connectivity index (χ0v) is 9.36. The molecule has 1 aromatic carbocycles. The van der Waals surface area contributed by atoms with Crippen molar-refractivity contribution in [2.24, 2.45) is 0 Å². The number of rotatable bonds is 2. The Balaban J connectivity index is 2.26. The summed E-state index contributed by atoms with van der Waals surface area (Å²) in [5, 5.41) is 3.91. The molecule has 84 valence electrons.